The molecule has 1 aliphatic heterocycles. The molecule has 0 N–H and O–H groups in total. The Balaban J connectivity index is 1.59. The van der Waals surface area contributed by atoms with Crippen LogP contribution in [-0.2, 0) is 11.2 Å². The van der Waals surface area contributed by atoms with E-state index in [1.54, 1.807) is 0 Å². The summed E-state index contributed by atoms with van der Waals surface area (Å²) in [6.07, 6.45) is 2.27. The first-order valence-corrected chi connectivity index (χ1v) is 9.17. The van der Waals surface area contributed by atoms with E-state index in [0.717, 1.165) is 47.7 Å². The van der Waals surface area contributed by atoms with Crippen LogP contribution < -0.4 is 4.74 Å². The lowest BCUT2D eigenvalue weighted by Gasteiger charge is -2.34. The van der Waals surface area contributed by atoms with Gasteiger partial charge < -0.3 is 14.4 Å². The molecule has 0 amide bonds. The van der Waals surface area contributed by atoms with Crippen LogP contribution in [0.15, 0.2) is 18.2 Å². The smallest absolute Gasteiger partial charge is 0.119 e. The fourth-order valence-corrected chi connectivity index (χ4v) is 3.65. The minimum Gasteiger partial charge on any atom is -0.491 e. The number of hydrogen-bond acceptors (Lipinski definition) is 3. The first-order valence-electron chi connectivity index (χ1n) is 8.79. The van der Waals surface area contributed by atoms with Crippen molar-refractivity contribution in [1.82, 2.24) is 4.90 Å². The molecule has 0 saturated carbocycles. The fourth-order valence-electron chi connectivity index (χ4n) is 3.40. The summed E-state index contributed by atoms with van der Waals surface area (Å²) in [5.74, 6) is 2.48. The van der Waals surface area contributed by atoms with Crippen LogP contribution in [0.4, 0.5) is 0 Å². The summed E-state index contributed by atoms with van der Waals surface area (Å²) in [6.45, 7) is 12.2. The van der Waals surface area contributed by atoms with Crippen molar-refractivity contribution < 1.29 is 9.47 Å². The lowest BCUT2D eigenvalue weighted by molar-refractivity contribution is 0.0595. The summed E-state index contributed by atoms with van der Waals surface area (Å²) >= 11 is 6.11. The fraction of sp³-hybridized carbons (Fsp3) is 0.684. The van der Waals surface area contributed by atoms with E-state index in [-0.39, 0.29) is 0 Å². The maximum atomic E-state index is 6.11. The Morgan fingerprint density at radius 2 is 1.87 bits per heavy atom. The maximum absolute atomic E-state index is 6.11. The summed E-state index contributed by atoms with van der Waals surface area (Å²) < 4.78 is 11.4. The molecule has 3 nitrogen and oxygen atoms in total. The summed E-state index contributed by atoms with van der Waals surface area (Å²) in [7, 11) is 0. The SMILES string of the molecule is CCc1cc(OCCOCCN2CC(C)CC(C)C2)ccc1Cl. The van der Waals surface area contributed by atoms with Gasteiger partial charge >= 0.3 is 0 Å². The van der Waals surface area contributed by atoms with Gasteiger partial charge in [-0.25, -0.2) is 0 Å². The highest BCUT2D eigenvalue weighted by Gasteiger charge is 2.21. The van der Waals surface area contributed by atoms with E-state index in [1.807, 2.05) is 18.2 Å². The van der Waals surface area contributed by atoms with Crippen molar-refractivity contribution >= 4 is 11.6 Å². The molecular formula is C19H30ClNO2. The largest absolute Gasteiger partial charge is 0.491 e. The van der Waals surface area contributed by atoms with E-state index in [0.29, 0.717) is 13.2 Å². The van der Waals surface area contributed by atoms with Gasteiger partial charge in [0.25, 0.3) is 0 Å². The van der Waals surface area contributed by atoms with Crippen LogP contribution in [0.3, 0.4) is 0 Å². The zero-order chi connectivity index (χ0) is 16.7. The number of likely N-dealkylation sites (tertiary alicyclic amines) is 1. The topological polar surface area (TPSA) is 21.7 Å². The molecule has 1 saturated heterocycles. The van der Waals surface area contributed by atoms with Crippen molar-refractivity contribution in [3.63, 3.8) is 0 Å². The van der Waals surface area contributed by atoms with E-state index >= 15 is 0 Å². The van der Waals surface area contributed by atoms with Crippen LogP contribution >= 0.6 is 11.6 Å². The van der Waals surface area contributed by atoms with E-state index in [1.165, 1.54) is 19.5 Å². The van der Waals surface area contributed by atoms with Gasteiger partial charge in [0.05, 0.1) is 13.2 Å². The van der Waals surface area contributed by atoms with Gasteiger partial charge in [-0.05, 0) is 48.4 Å². The Bertz CT molecular complexity index is 470. The minimum absolute atomic E-state index is 0.581. The lowest BCUT2D eigenvalue weighted by Crippen LogP contribution is -2.40. The summed E-state index contributed by atoms with van der Waals surface area (Å²) in [6, 6.07) is 5.83. The van der Waals surface area contributed by atoms with Crippen molar-refractivity contribution in [2.45, 2.75) is 33.6 Å². The van der Waals surface area contributed by atoms with Gasteiger partial charge in [-0.3, -0.25) is 0 Å². The molecule has 1 aromatic rings. The Hall–Kier alpha value is -0.770. The Morgan fingerprint density at radius 3 is 2.57 bits per heavy atom. The van der Waals surface area contributed by atoms with Crippen LogP contribution in [0, 0.1) is 11.8 Å². The van der Waals surface area contributed by atoms with Crippen molar-refractivity contribution in [3.8, 4) is 5.75 Å². The molecule has 1 aliphatic rings. The number of piperidine rings is 1. The molecule has 2 atom stereocenters. The second-order valence-corrected chi connectivity index (χ2v) is 7.18. The van der Waals surface area contributed by atoms with Gasteiger partial charge in [-0.2, -0.15) is 0 Å². The Kier molecular flexibility index (Phi) is 7.68. The normalized spacial score (nSPS) is 22.3. The van der Waals surface area contributed by atoms with Gasteiger partial charge in [0.2, 0.25) is 0 Å². The average molecular weight is 340 g/mol. The van der Waals surface area contributed by atoms with Crippen LogP contribution in [0.1, 0.15) is 32.8 Å². The second kappa shape index (κ2) is 9.51. The van der Waals surface area contributed by atoms with Crippen molar-refractivity contribution in [2.24, 2.45) is 11.8 Å². The minimum atomic E-state index is 0.581. The van der Waals surface area contributed by atoms with Crippen LogP contribution in [0.2, 0.25) is 5.02 Å². The molecule has 4 heteroatoms. The molecule has 0 spiro atoms. The first kappa shape index (κ1) is 18.6. The highest BCUT2D eigenvalue weighted by Crippen LogP contribution is 2.22. The Morgan fingerprint density at radius 1 is 1.13 bits per heavy atom. The first-order chi connectivity index (χ1) is 11.1. The molecule has 0 bridgehead atoms. The molecule has 130 valence electrons. The molecule has 2 rings (SSSR count). The predicted octanol–water partition coefficient (Wildman–Crippen LogP) is 4.28. The number of nitrogens with zero attached hydrogens (tertiary/aromatic N) is 1. The van der Waals surface area contributed by atoms with E-state index < -0.39 is 0 Å². The van der Waals surface area contributed by atoms with Crippen molar-refractivity contribution in [3.05, 3.63) is 28.8 Å². The van der Waals surface area contributed by atoms with Crippen LogP contribution in [0.25, 0.3) is 0 Å². The third-order valence-corrected chi connectivity index (χ3v) is 4.76. The van der Waals surface area contributed by atoms with Gasteiger partial charge in [-0.1, -0.05) is 32.4 Å². The zero-order valence-electron chi connectivity index (χ0n) is 14.7. The monoisotopic (exact) mass is 339 g/mol. The predicted molar refractivity (Wildman–Crippen MR) is 96.5 cm³/mol. The van der Waals surface area contributed by atoms with Gasteiger partial charge in [-0.15, -0.1) is 0 Å². The number of benzene rings is 1. The van der Waals surface area contributed by atoms with Gasteiger partial charge in [0.15, 0.2) is 0 Å². The molecule has 2 unspecified atom stereocenters. The highest BCUT2D eigenvalue weighted by molar-refractivity contribution is 6.31. The number of aryl methyl sites for hydroxylation is 1. The summed E-state index contributed by atoms with van der Waals surface area (Å²) in [5, 5.41) is 0.807. The lowest BCUT2D eigenvalue weighted by atomic mass is 9.92. The third-order valence-electron chi connectivity index (χ3n) is 4.39. The quantitative estimate of drug-likeness (QED) is 0.660. The molecular weight excluding hydrogens is 310 g/mol. The number of hydrogen-bond donors (Lipinski definition) is 0. The van der Waals surface area contributed by atoms with E-state index in [2.05, 4.69) is 25.7 Å². The van der Waals surface area contributed by atoms with Gasteiger partial charge in [0, 0.05) is 24.7 Å². The Labute approximate surface area is 145 Å². The van der Waals surface area contributed by atoms with Gasteiger partial charge in [0.1, 0.15) is 12.4 Å². The molecule has 0 aromatic heterocycles. The molecule has 1 heterocycles. The van der Waals surface area contributed by atoms with Crippen molar-refractivity contribution in [2.75, 3.05) is 39.5 Å². The molecule has 0 radical (unpaired) electrons. The highest BCUT2D eigenvalue weighted by atomic mass is 35.5. The molecule has 0 aliphatic carbocycles. The standard InChI is InChI=1S/C19H30ClNO2/c1-4-17-12-18(5-6-19(17)20)23-10-9-22-8-7-21-13-15(2)11-16(3)14-21/h5-6,12,15-16H,4,7-11,13-14H2,1-3H3. The maximum Gasteiger partial charge on any atom is 0.119 e. The van der Waals surface area contributed by atoms with Crippen molar-refractivity contribution in [1.29, 1.82) is 0 Å². The number of rotatable bonds is 8. The average Bonchev–Trinajstić information content (AvgIpc) is 2.51. The zero-order valence-corrected chi connectivity index (χ0v) is 15.4. The molecule has 1 aromatic carbocycles. The summed E-state index contributed by atoms with van der Waals surface area (Å²) in [5.41, 5.74) is 1.12. The molecule has 23 heavy (non-hydrogen) atoms. The van der Waals surface area contributed by atoms with Crippen LogP contribution in [0.5, 0.6) is 5.75 Å². The second-order valence-electron chi connectivity index (χ2n) is 6.77. The third kappa shape index (κ3) is 6.33. The summed E-state index contributed by atoms with van der Waals surface area (Å²) in [4.78, 5) is 2.52. The molecule has 1 fully saturated rings. The van der Waals surface area contributed by atoms with Crippen LogP contribution in [-0.4, -0.2) is 44.4 Å². The number of halogens is 1. The van der Waals surface area contributed by atoms with E-state index in [4.69, 9.17) is 21.1 Å². The van der Waals surface area contributed by atoms with E-state index in [9.17, 15) is 0 Å². The number of ether oxygens (including phenoxy) is 2.